The first-order chi connectivity index (χ1) is 14.3. The van der Waals surface area contributed by atoms with Gasteiger partial charge in [-0.1, -0.05) is 19.1 Å². The number of carbonyl (C=O) groups is 1. The van der Waals surface area contributed by atoms with Crippen LogP contribution >= 0.6 is 0 Å². The van der Waals surface area contributed by atoms with Crippen LogP contribution < -0.4 is 5.32 Å². The normalized spacial score (nSPS) is 16.0. The highest BCUT2D eigenvalue weighted by atomic mass is 32.2. The second-order valence-electron chi connectivity index (χ2n) is 7.67. The summed E-state index contributed by atoms with van der Waals surface area (Å²) in [6.45, 7) is 8.59. The molecule has 3 rings (SSSR count). The Morgan fingerprint density at radius 1 is 0.933 bits per heavy atom. The number of rotatable bonds is 7. The molecule has 0 unspecified atom stereocenters. The molecule has 0 bridgehead atoms. The van der Waals surface area contributed by atoms with Crippen LogP contribution in [0.5, 0.6) is 0 Å². The van der Waals surface area contributed by atoms with Crippen LogP contribution in [-0.2, 0) is 16.6 Å². The summed E-state index contributed by atoms with van der Waals surface area (Å²) in [5.74, 6) is -0.271. The van der Waals surface area contributed by atoms with Crippen molar-refractivity contribution >= 4 is 21.6 Å². The molecule has 2 aromatic rings. The number of nitrogens with one attached hydrogen (secondary N) is 1. The Morgan fingerprint density at radius 3 is 2.03 bits per heavy atom. The van der Waals surface area contributed by atoms with Crippen LogP contribution in [0, 0.1) is 0 Å². The predicted molar refractivity (Wildman–Crippen MR) is 119 cm³/mol. The summed E-state index contributed by atoms with van der Waals surface area (Å²) in [6, 6.07) is 13.8. The van der Waals surface area contributed by atoms with Gasteiger partial charge in [-0.05, 0) is 48.5 Å². The van der Waals surface area contributed by atoms with Gasteiger partial charge in [-0.15, -0.1) is 0 Å². The molecule has 1 N–H and O–H groups in total. The number of piperazine rings is 1. The van der Waals surface area contributed by atoms with Crippen molar-refractivity contribution in [2.24, 2.45) is 0 Å². The van der Waals surface area contributed by atoms with Crippen LogP contribution in [0.3, 0.4) is 0 Å². The number of carbonyl (C=O) groups excluding carboxylic acids is 1. The summed E-state index contributed by atoms with van der Waals surface area (Å²) in [7, 11) is -0.551. The second-order valence-corrected chi connectivity index (χ2v) is 9.83. The minimum absolute atomic E-state index is 0.160. The maximum absolute atomic E-state index is 12.5. The Labute approximate surface area is 179 Å². The molecule has 162 valence electrons. The Morgan fingerprint density at radius 2 is 1.50 bits per heavy atom. The number of anilines is 1. The smallest absolute Gasteiger partial charge is 0.255 e. The molecule has 2 aromatic carbocycles. The summed E-state index contributed by atoms with van der Waals surface area (Å²) in [5, 5.41) is 2.86. The van der Waals surface area contributed by atoms with E-state index in [1.165, 1.54) is 43.9 Å². The van der Waals surface area contributed by atoms with Gasteiger partial charge in [0.1, 0.15) is 0 Å². The second kappa shape index (κ2) is 9.70. The molecule has 30 heavy (non-hydrogen) atoms. The first-order valence-electron chi connectivity index (χ1n) is 10.2. The third kappa shape index (κ3) is 5.46. The van der Waals surface area contributed by atoms with Crippen LogP contribution in [0.1, 0.15) is 22.8 Å². The third-order valence-corrected chi connectivity index (χ3v) is 7.25. The van der Waals surface area contributed by atoms with Gasteiger partial charge in [-0.3, -0.25) is 9.69 Å². The lowest BCUT2D eigenvalue weighted by molar-refractivity contribution is 0.102. The van der Waals surface area contributed by atoms with Crippen LogP contribution in [0.15, 0.2) is 53.4 Å². The molecule has 1 heterocycles. The van der Waals surface area contributed by atoms with Crippen molar-refractivity contribution in [3.05, 3.63) is 59.7 Å². The molecule has 0 spiro atoms. The van der Waals surface area contributed by atoms with Gasteiger partial charge in [0.25, 0.3) is 5.91 Å². The fraction of sp³-hybridized carbons (Fsp3) is 0.409. The lowest BCUT2D eigenvalue weighted by Gasteiger charge is -2.34. The Bertz CT molecular complexity index is 949. The monoisotopic (exact) mass is 430 g/mol. The highest BCUT2D eigenvalue weighted by Gasteiger charge is 2.18. The van der Waals surface area contributed by atoms with E-state index in [9.17, 15) is 13.2 Å². The van der Waals surface area contributed by atoms with E-state index in [-0.39, 0.29) is 10.8 Å². The maximum atomic E-state index is 12.5. The van der Waals surface area contributed by atoms with Crippen LogP contribution in [-0.4, -0.2) is 75.2 Å². The average molecular weight is 431 g/mol. The molecule has 7 nitrogen and oxygen atoms in total. The Hall–Kier alpha value is -2.26. The zero-order valence-corrected chi connectivity index (χ0v) is 18.7. The molecular weight excluding hydrogens is 400 g/mol. The van der Waals surface area contributed by atoms with Gasteiger partial charge < -0.3 is 10.2 Å². The van der Waals surface area contributed by atoms with Crippen LogP contribution in [0.25, 0.3) is 0 Å². The molecule has 0 atom stereocenters. The van der Waals surface area contributed by atoms with E-state index < -0.39 is 10.0 Å². The first-order valence-corrected chi connectivity index (χ1v) is 11.6. The van der Waals surface area contributed by atoms with Crippen molar-refractivity contribution in [3.8, 4) is 0 Å². The largest absolute Gasteiger partial charge is 0.322 e. The van der Waals surface area contributed by atoms with Gasteiger partial charge >= 0.3 is 0 Å². The zero-order chi connectivity index (χ0) is 21.7. The molecule has 0 saturated carbocycles. The number of sulfonamides is 1. The number of likely N-dealkylation sites (N-methyl/N-ethyl adjacent to an activating group) is 1. The molecule has 1 fully saturated rings. The average Bonchev–Trinajstić information content (AvgIpc) is 2.75. The minimum atomic E-state index is -3.51. The molecule has 1 amide bonds. The highest BCUT2D eigenvalue weighted by Crippen LogP contribution is 2.17. The number of hydrogen-bond donors (Lipinski definition) is 1. The third-order valence-electron chi connectivity index (χ3n) is 5.43. The van der Waals surface area contributed by atoms with E-state index in [1.807, 2.05) is 24.3 Å². The summed E-state index contributed by atoms with van der Waals surface area (Å²) in [5.41, 5.74) is 2.34. The lowest BCUT2D eigenvalue weighted by Crippen LogP contribution is -2.45. The molecule has 1 saturated heterocycles. The topological polar surface area (TPSA) is 73.0 Å². The van der Waals surface area contributed by atoms with Crippen LogP contribution in [0.4, 0.5) is 5.69 Å². The highest BCUT2D eigenvalue weighted by molar-refractivity contribution is 7.89. The van der Waals surface area contributed by atoms with Crippen molar-refractivity contribution in [2.45, 2.75) is 18.4 Å². The minimum Gasteiger partial charge on any atom is -0.322 e. The fourth-order valence-corrected chi connectivity index (χ4v) is 4.31. The van der Waals surface area contributed by atoms with Crippen molar-refractivity contribution in [1.29, 1.82) is 0 Å². The van der Waals surface area contributed by atoms with E-state index in [2.05, 4.69) is 22.0 Å². The van der Waals surface area contributed by atoms with Crippen LogP contribution in [0.2, 0.25) is 0 Å². The number of hydrogen-bond acceptors (Lipinski definition) is 5. The Kier molecular flexibility index (Phi) is 7.25. The first kappa shape index (κ1) is 22.4. The van der Waals surface area contributed by atoms with E-state index in [0.717, 1.165) is 43.6 Å². The summed E-state index contributed by atoms with van der Waals surface area (Å²) in [4.78, 5) is 17.5. The number of benzene rings is 2. The number of amides is 1. The van der Waals surface area contributed by atoms with Gasteiger partial charge in [-0.2, -0.15) is 0 Å². The summed E-state index contributed by atoms with van der Waals surface area (Å²) in [6.07, 6.45) is 0. The van der Waals surface area contributed by atoms with Crippen molar-refractivity contribution in [2.75, 3.05) is 52.1 Å². The van der Waals surface area contributed by atoms with Crippen molar-refractivity contribution in [1.82, 2.24) is 14.1 Å². The quantitative estimate of drug-likeness (QED) is 0.730. The van der Waals surface area contributed by atoms with Gasteiger partial charge in [0, 0.05) is 58.1 Å². The van der Waals surface area contributed by atoms with Gasteiger partial charge in [0.2, 0.25) is 10.0 Å². The molecule has 0 aromatic heterocycles. The van der Waals surface area contributed by atoms with Gasteiger partial charge in [-0.25, -0.2) is 12.7 Å². The SMILES string of the molecule is CCN1CCN(Cc2ccc(NC(=O)c3ccc(S(=O)(=O)N(C)C)cc3)cc2)CC1. The van der Waals surface area contributed by atoms with E-state index >= 15 is 0 Å². The molecule has 1 aliphatic rings. The fourth-order valence-electron chi connectivity index (χ4n) is 3.41. The molecule has 0 radical (unpaired) electrons. The summed E-state index contributed by atoms with van der Waals surface area (Å²) < 4.78 is 25.4. The van der Waals surface area contributed by atoms with Crippen molar-refractivity contribution < 1.29 is 13.2 Å². The van der Waals surface area contributed by atoms with Gasteiger partial charge in [0.05, 0.1) is 4.90 Å². The maximum Gasteiger partial charge on any atom is 0.255 e. The van der Waals surface area contributed by atoms with E-state index in [0.29, 0.717) is 11.3 Å². The molecular formula is C22H30N4O3S. The summed E-state index contributed by atoms with van der Waals surface area (Å²) >= 11 is 0. The molecule has 0 aliphatic carbocycles. The number of nitrogens with zero attached hydrogens (tertiary/aromatic N) is 3. The van der Waals surface area contributed by atoms with E-state index in [1.54, 1.807) is 0 Å². The van der Waals surface area contributed by atoms with Crippen molar-refractivity contribution in [3.63, 3.8) is 0 Å². The van der Waals surface area contributed by atoms with E-state index in [4.69, 9.17) is 0 Å². The standard InChI is InChI=1S/C22H30N4O3S/c1-4-25-13-15-26(16-14-25)17-18-5-9-20(10-6-18)23-22(27)19-7-11-21(12-8-19)30(28,29)24(2)3/h5-12H,4,13-17H2,1-3H3,(H,23,27). The molecule has 8 heteroatoms. The molecule has 1 aliphatic heterocycles. The predicted octanol–water partition coefficient (Wildman–Crippen LogP) is 2.33. The zero-order valence-electron chi connectivity index (χ0n) is 17.8. The van der Waals surface area contributed by atoms with Gasteiger partial charge in [0.15, 0.2) is 0 Å². The Balaban J connectivity index is 1.57. The lowest BCUT2D eigenvalue weighted by atomic mass is 10.1.